The van der Waals surface area contributed by atoms with Crippen LogP contribution >= 0.6 is 11.8 Å². The predicted molar refractivity (Wildman–Crippen MR) is 53.5 cm³/mol. The highest BCUT2D eigenvalue weighted by molar-refractivity contribution is 8.14. The molecule has 1 unspecified atom stereocenters. The van der Waals surface area contributed by atoms with Gasteiger partial charge in [-0.25, -0.2) is 0 Å². The Morgan fingerprint density at radius 2 is 2.38 bits per heavy atom. The van der Waals surface area contributed by atoms with Crippen molar-refractivity contribution in [1.29, 1.82) is 0 Å². The Morgan fingerprint density at radius 1 is 1.69 bits per heavy atom. The number of hydrogen-bond acceptors (Lipinski definition) is 3. The molecule has 1 aliphatic rings. The first kappa shape index (κ1) is 10.6. The lowest BCUT2D eigenvalue weighted by Gasteiger charge is -2.19. The average Bonchev–Trinajstić information content (AvgIpc) is 2.51. The highest BCUT2D eigenvalue weighted by Crippen LogP contribution is 2.26. The molecule has 1 fully saturated rings. The van der Waals surface area contributed by atoms with Crippen LogP contribution in [0.5, 0.6) is 0 Å². The fraction of sp³-hybridized carbons (Fsp3) is 0.778. The van der Waals surface area contributed by atoms with E-state index in [4.69, 9.17) is 0 Å². The summed E-state index contributed by atoms with van der Waals surface area (Å²) in [5, 5.41) is 0.156. The lowest BCUT2D eigenvalue weighted by molar-refractivity contribution is -0.134. The molecule has 0 saturated carbocycles. The minimum absolute atomic E-state index is 0.0611. The van der Waals surface area contributed by atoms with Crippen molar-refractivity contribution in [3.8, 4) is 0 Å². The average molecular weight is 201 g/mol. The molecule has 13 heavy (non-hydrogen) atoms. The monoisotopic (exact) mass is 201 g/mol. The Hall–Kier alpha value is -0.510. The van der Waals surface area contributed by atoms with Crippen molar-refractivity contribution in [3.05, 3.63) is 0 Å². The van der Waals surface area contributed by atoms with E-state index >= 15 is 0 Å². The zero-order chi connectivity index (χ0) is 9.84. The minimum Gasteiger partial charge on any atom is -0.345 e. The van der Waals surface area contributed by atoms with Gasteiger partial charge in [0.15, 0.2) is 5.12 Å². The Morgan fingerprint density at radius 3 is 2.85 bits per heavy atom. The molecule has 0 aromatic heterocycles. The maximum Gasteiger partial charge on any atom is 0.226 e. The first-order chi connectivity index (χ1) is 6.15. The Bertz CT molecular complexity index is 218. The van der Waals surface area contributed by atoms with E-state index in [2.05, 4.69) is 0 Å². The minimum atomic E-state index is -0.0611. The van der Waals surface area contributed by atoms with Gasteiger partial charge < -0.3 is 4.90 Å². The van der Waals surface area contributed by atoms with Gasteiger partial charge in [-0.15, -0.1) is 0 Å². The van der Waals surface area contributed by atoms with Crippen LogP contribution in [0.15, 0.2) is 0 Å². The molecule has 0 bridgehead atoms. The maximum atomic E-state index is 11.6. The van der Waals surface area contributed by atoms with Crippen LogP contribution in [0.4, 0.5) is 0 Å². The van der Waals surface area contributed by atoms with E-state index in [1.165, 1.54) is 11.8 Å². The molecule has 1 aliphatic heterocycles. The summed E-state index contributed by atoms with van der Waals surface area (Å²) in [5.74, 6) is 0.736. The molecule has 1 atom stereocenters. The smallest absolute Gasteiger partial charge is 0.226 e. The molecule has 0 aromatic carbocycles. The van der Waals surface area contributed by atoms with Crippen LogP contribution in [-0.2, 0) is 9.59 Å². The predicted octanol–water partition coefficient (Wildman–Crippen LogP) is 1.13. The Kier molecular flexibility index (Phi) is 3.78. The van der Waals surface area contributed by atoms with Crippen molar-refractivity contribution < 1.29 is 9.59 Å². The van der Waals surface area contributed by atoms with Crippen LogP contribution in [-0.4, -0.2) is 35.3 Å². The molecule has 1 amide bonds. The van der Waals surface area contributed by atoms with Crippen LogP contribution in [0, 0.1) is 5.92 Å². The second-order valence-electron chi connectivity index (χ2n) is 3.34. The van der Waals surface area contributed by atoms with Crippen LogP contribution in [0.2, 0.25) is 0 Å². The summed E-state index contributed by atoms with van der Waals surface area (Å²) in [7, 11) is 1.80. The van der Waals surface area contributed by atoms with Crippen LogP contribution in [0.1, 0.15) is 19.8 Å². The molecule has 0 aliphatic carbocycles. The molecular formula is C9H15NO2S. The van der Waals surface area contributed by atoms with Crippen LogP contribution in [0.25, 0.3) is 0 Å². The number of amides is 1. The van der Waals surface area contributed by atoms with E-state index in [-0.39, 0.29) is 16.9 Å². The summed E-state index contributed by atoms with van der Waals surface area (Å²) in [6, 6.07) is 0. The van der Waals surface area contributed by atoms with Crippen molar-refractivity contribution >= 4 is 22.8 Å². The van der Waals surface area contributed by atoms with Gasteiger partial charge in [0, 0.05) is 25.8 Å². The summed E-state index contributed by atoms with van der Waals surface area (Å²) < 4.78 is 0. The Balaban J connectivity index is 2.43. The van der Waals surface area contributed by atoms with Gasteiger partial charge in [-0.05, 0) is 6.42 Å². The summed E-state index contributed by atoms with van der Waals surface area (Å²) in [6.07, 6.45) is 1.40. The highest BCUT2D eigenvalue weighted by Gasteiger charge is 2.30. The summed E-state index contributed by atoms with van der Waals surface area (Å²) in [6.45, 7) is 2.83. The second kappa shape index (κ2) is 4.65. The first-order valence-electron chi connectivity index (χ1n) is 4.55. The molecule has 74 valence electrons. The number of nitrogens with zero attached hydrogens (tertiary/aromatic N) is 1. The lowest BCUT2D eigenvalue weighted by Crippen LogP contribution is -2.33. The molecule has 0 aromatic rings. The fourth-order valence-corrected chi connectivity index (χ4v) is 2.39. The number of carbonyl (C=O) groups is 2. The third kappa shape index (κ3) is 2.72. The molecule has 1 saturated heterocycles. The summed E-state index contributed by atoms with van der Waals surface area (Å²) >= 11 is 1.28. The zero-order valence-corrected chi connectivity index (χ0v) is 8.89. The van der Waals surface area contributed by atoms with E-state index < -0.39 is 0 Å². The second-order valence-corrected chi connectivity index (χ2v) is 4.42. The summed E-state index contributed by atoms with van der Waals surface area (Å²) in [4.78, 5) is 24.3. The number of thioether (sulfide) groups is 1. The van der Waals surface area contributed by atoms with Crippen molar-refractivity contribution in [1.82, 2.24) is 4.90 Å². The third-order valence-electron chi connectivity index (χ3n) is 2.14. The molecule has 3 nitrogen and oxygen atoms in total. The van der Waals surface area contributed by atoms with Crippen LogP contribution in [0.3, 0.4) is 0 Å². The number of hydrogen-bond donors (Lipinski definition) is 0. The van der Waals surface area contributed by atoms with Crippen molar-refractivity contribution in [3.63, 3.8) is 0 Å². The zero-order valence-electron chi connectivity index (χ0n) is 8.08. The van der Waals surface area contributed by atoms with Gasteiger partial charge in [-0.1, -0.05) is 18.7 Å². The quantitative estimate of drug-likeness (QED) is 0.687. The van der Waals surface area contributed by atoms with E-state index in [1.54, 1.807) is 11.9 Å². The number of rotatable bonds is 3. The standard InChI is InChI=1S/C9H15NO2S/c1-3-4-10(2)9(12)7-5-8(11)13-6-7/h7H,3-6H2,1-2H3. The van der Waals surface area contributed by atoms with E-state index in [0.29, 0.717) is 12.2 Å². The van der Waals surface area contributed by atoms with Gasteiger partial charge in [0.05, 0.1) is 5.92 Å². The van der Waals surface area contributed by atoms with Gasteiger partial charge in [-0.2, -0.15) is 0 Å². The third-order valence-corrected chi connectivity index (χ3v) is 3.20. The normalized spacial score (nSPS) is 22.0. The molecule has 0 radical (unpaired) electrons. The van der Waals surface area contributed by atoms with E-state index in [0.717, 1.165) is 13.0 Å². The summed E-state index contributed by atoms with van der Waals surface area (Å²) in [5.41, 5.74) is 0. The van der Waals surface area contributed by atoms with Crippen molar-refractivity contribution in [2.24, 2.45) is 5.92 Å². The van der Waals surface area contributed by atoms with Gasteiger partial charge in [-0.3, -0.25) is 9.59 Å². The molecule has 1 rings (SSSR count). The molecular weight excluding hydrogens is 186 g/mol. The largest absolute Gasteiger partial charge is 0.345 e. The molecule has 0 spiro atoms. The van der Waals surface area contributed by atoms with Crippen molar-refractivity contribution in [2.75, 3.05) is 19.3 Å². The van der Waals surface area contributed by atoms with Crippen LogP contribution < -0.4 is 0 Å². The molecule has 4 heteroatoms. The van der Waals surface area contributed by atoms with Gasteiger partial charge in [0.2, 0.25) is 5.91 Å². The highest BCUT2D eigenvalue weighted by atomic mass is 32.2. The topological polar surface area (TPSA) is 37.4 Å². The lowest BCUT2D eigenvalue weighted by atomic mass is 10.1. The maximum absolute atomic E-state index is 11.6. The molecule has 1 heterocycles. The first-order valence-corrected chi connectivity index (χ1v) is 5.54. The number of carbonyl (C=O) groups excluding carboxylic acids is 2. The van der Waals surface area contributed by atoms with Gasteiger partial charge >= 0.3 is 0 Å². The fourth-order valence-electron chi connectivity index (χ4n) is 1.43. The molecule has 0 N–H and O–H groups in total. The SMILES string of the molecule is CCCN(C)C(=O)C1CSC(=O)C1. The van der Waals surface area contributed by atoms with Crippen molar-refractivity contribution in [2.45, 2.75) is 19.8 Å². The Labute approximate surface area is 82.9 Å². The van der Waals surface area contributed by atoms with E-state index in [9.17, 15) is 9.59 Å². The van der Waals surface area contributed by atoms with Gasteiger partial charge in [0.1, 0.15) is 0 Å². The van der Waals surface area contributed by atoms with Gasteiger partial charge in [0.25, 0.3) is 0 Å². The van der Waals surface area contributed by atoms with E-state index in [1.807, 2.05) is 6.92 Å².